The Morgan fingerprint density at radius 2 is 1.79 bits per heavy atom. The van der Waals surface area contributed by atoms with E-state index in [1.165, 1.54) is 23.0 Å². The van der Waals surface area contributed by atoms with Crippen LogP contribution in [-0.2, 0) is 10.0 Å². The Balaban J connectivity index is 1.59. The number of rotatable bonds is 8. The van der Waals surface area contributed by atoms with Crippen molar-refractivity contribution >= 4 is 38.6 Å². The molecule has 178 valence electrons. The Hall–Kier alpha value is -3.47. The summed E-state index contributed by atoms with van der Waals surface area (Å²) < 4.78 is 28.1. The molecule has 0 amide bonds. The zero-order valence-electron chi connectivity index (χ0n) is 19.6. The Morgan fingerprint density at radius 3 is 2.44 bits per heavy atom. The van der Waals surface area contributed by atoms with Crippen LogP contribution in [-0.4, -0.2) is 43.4 Å². The zero-order chi connectivity index (χ0) is 24.0. The molecular weight excluding hydrogens is 452 g/mol. The van der Waals surface area contributed by atoms with Crippen molar-refractivity contribution in [3.63, 3.8) is 0 Å². The molecule has 34 heavy (non-hydrogen) atoms. The minimum Gasteiger partial charge on any atom is -0.367 e. The fourth-order valence-corrected chi connectivity index (χ4v) is 5.10. The first-order valence-corrected chi connectivity index (χ1v) is 12.8. The van der Waals surface area contributed by atoms with Crippen LogP contribution >= 0.6 is 0 Å². The first-order chi connectivity index (χ1) is 16.2. The van der Waals surface area contributed by atoms with Crippen molar-refractivity contribution < 1.29 is 8.42 Å². The second-order valence-corrected chi connectivity index (χ2v) is 10.9. The normalized spacial score (nSPS) is 15.1. The SMILES string of the molecule is Cc1ccc(S(=O)(=O)n2ccc3c(N[C@@H](C)C4CC4)nc(Nc4cnn(C(C)C)n4)nc32)cc1. The van der Waals surface area contributed by atoms with Crippen molar-refractivity contribution in [1.82, 2.24) is 28.9 Å². The van der Waals surface area contributed by atoms with Gasteiger partial charge in [-0.3, -0.25) is 0 Å². The van der Waals surface area contributed by atoms with Gasteiger partial charge < -0.3 is 10.6 Å². The largest absolute Gasteiger partial charge is 0.367 e. The molecule has 1 aliphatic rings. The van der Waals surface area contributed by atoms with Crippen LogP contribution in [0.15, 0.2) is 47.6 Å². The van der Waals surface area contributed by atoms with E-state index in [1.54, 1.807) is 41.3 Å². The summed E-state index contributed by atoms with van der Waals surface area (Å²) >= 11 is 0. The molecule has 1 aromatic carbocycles. The van der Waals surface area contributed by atoms with Gasteiger partial charge in [-0.25, -0.2) is 12.4 Å². The van der Waals surface area contributed by atoms with E-state index in [-0.39, 0.29) is 22.9 Å². The van der Waals surface area contributed by atoms with Gasteiger partial charge in [-0.1, -0.05) is 17.7 Å². The van der Waals surface area contributed by atoms with Crippen LogP contribution in [0.2, 0.25) is 0 Å². The lowest BCUT2D eigenvalue weighted by Crippen LogP contribution is -2.19. The quantitative estimate of drug-likeness (QED) is 0.387. The van der Waals surface area contributed by atoms with Crippen molar-refractivity contribution in [3.05, 3.63) is 48.3 Å². The van der Waals surface area contributed by atoms with Gasteiger partial charge in [0.25, 0.3) is 10.0 Å². The van der Waals surface area contributed by atoms with Crippen LogP contribution in [0.5, 0.6) is 0 Å². The number of nitrogens with zero attached hydrogens (tertiary/aromatic N) is 6. The molecule has 3 heterocycles. The van der Waals surface area contributed by atoms with E-state index >= 15 is 0 Å². The maximum atomic E-state index is 13.5. The highest BCUT2D eigenvalue weighted by Gasteiger charge is 2.29. The van der Waals surface area contributed by atoms with Gasteiger partial charge in [0.15, 0.2) is 11.5 Å². The second kappa shape index (κ2) is 8.39. The van der Waals surface area contributed by atoms with Crippen molar-refractivity contribution in [2.24, 2.45) is 5.92 Å². The number of aromatic nitrogens is 6. The average molecular weight is 481 g/mol. The molecule has 0 unspecified atom stereocenters. The lowest BCUT2D eigenvalue weighted by Gasteiger charge is -2.16. The van der Waals surface area contributed by atoms with Gasteiger partial charge in [-0.05, 0) is 64.7 Å². The predicted molar refractivity (Wildman–Crippen MR) is 131 cm³/mol. The fourth-order valence-electron chi connectivity index (χ4n) is 3.80. The van der Waals surface area contributed by atoms with Crippen LogP contribution in [0.25, 0.3) is 11.0 Å². The lowest BCUT2D eigenvalue weighted by molar-refractivity contribution is 0.467. The van der Waals surface area contributed by atoms with Gasteiger partial charge in [0.2, 0.25) is 5.95 Å². The fraction of sp³-hybridized carbons (Fsp3) is 0.391. The van der Waals surface area contributed by atoms with E-state index in [4.69, 9.17) is 0 Å². The molecule has 1 aliphatic carbocycles. The van der Waals surface area contributed by atoms with E-state index in [0.29, 0.717) is 28.6 Å². The Morgan fingerprint density at radius 1 is 1.06 bits per heavy atom. The van der Waals surface area contributed by atoms with E-state index in [9.17, 15) is 8.42 Å². The first kappa shape index (κ1) is 22.3. The monoisotopic (exact) mass is 480 g/mol. The second-order valence-electron chi connectivity index (χ2n) is 9.10. The summed E-state index contributed by atoms with van der Waals surface area (Å²) in [6, 6.07) is 8.83. The van der Waals surface area contributed by atoms with E-state index in [1.807, 2.05) is 20.8 Å². The number of anilines is 3. The topological polar surface area (TPSA) is 120 Å². The van der Waals surface area contributed by atoms with Gasteiger partial charge in [-0.15, -0.1) is 5.10 Å². The summed E-state index contributed by atoms with van der Waals surface area (Å²) in [6.07, 6.45) is 5.47. The van der Waals surface area contributed by atoms with Crippen LogP contribution in [0, 0.1) is 12.8 Å². The highest BCUT2D eigenvalue weighted by molar-refractivity contribution is 7.90. The maximum Gasteiger partial charge on any atom is 0.269 e. The van der Waals surface area contributed by atoms with Crippen molar-refractivity contribution in [2.75, 3.05) is 10.6 Å². The van der Waals surface area contributed by atoms with Gasteiger partial charge in [0.05, 0.1) is 22.5 Å². The molecule has 1 fully saturated rings. The number of hydrogen-bond donors (Lipinski definition) is 2. The van der Waals surface area contributed by atoms with Crippen LogP contribution in [0.3, 0.4) is 0 Å². The third-order valence-corrected chi connectivity index (χ3v) is 7.67. The van der Waals surface area contributed by atoms with E-state index in [0.717, 1.165) is 5.56 Å². The van der Waals surface area contributed by atoms with Crippen molar-refractivity contribution in [2.45, 2.75) is 57.5 Å². The summed E-state index contributed by atoms with van der Waals surface area (Å²) in [4.78, 5) is 11.0. The highest BCUT2D eigenvalue weighted by Crippen LogP contribution is 2.35. The van der Waals surface area contributed by atoms with Crippen LogP contribution in [0.4, 0.5) is 17.6 Å². The highest BCUT2D eigenvalue weighted by atomic mass is 32.2. The standard InChI is InChI=1S/C23H28N8O2S/c1-14(2)31-24-13-20(29-31)26-23-27-21(25-16(4)17-7-8-17)19-11-12-30(22(19)28-23)34(32,33)18-9-5-15(3)6-10-18/h5-6,9-14,16-17H,7-8H2,1-4H3,(H2,25,26,27,28,29)/t16-/m0/s1. The smallest absolute Gasteiger partial charge is 0.269 e. The summed E-state index contributed by atoms with van der Waals surface area (Å²) in [7, 11) is -3.85. The minimum absolute atomic E-state index is 0.104. The molecule has 11 heteroatoms. The summed E-state index contributed by atoms with van der Waals surface area (Å²) in [5.74, 6) is 1.90. The summed E-state index contributed by atoms with van der Waals surface area (Å²) in [6.45, 7) is 8.00. The molecule has 0 radical (unpaired) electrons. The van der Waals surface area contributed by atoms with Gasteiger partial charge in [-0.2, -0.15) is 19.9 Å². The van der Waals surface area contributed by atoms with Gasteiger partial charge >= 0.3 is 0 Å². The van der Waals surface area contributed by atoms with Crippen LogP contribution in [0.1, 0.15) is 45.2 Å². The van der Waals surface area contributed by atoms with E-state index < -0.39 is 10.0 Å². The van der Waals surface area contributed by atoms with Crippen molar-refractivity contribution in [3.8, 4) is 0 Å². The summed E-state index contributed by atoms with van der Waals surface area (Å²) in [5, 5.41) is 15.8. The summed E-state index contributed by atoms with van der Waals surface area (Å²) in [5.41, 5.74) is 1.28. The minimum atomic E-state index is -3.85. The number of aryl methyl sites for hydroxylation is 1. The predicted octanol–water partition coefficient (Wildman–Crippen LogP) is 4.10. The molecule has 0 aliphatic heterocycles. The number of benzene rings is 1. The zero-order valence-corrected chi connectivity index (χ0v) is 20.4. The maximum absolute atomic E-state index is 13.5. The molecule has 0 bridgehead atoms. The molecule has 2 N–H and O–H groups in total. The molecule has 1 saturated carbocycles. The molecule has 4 aromatic rings. The average Bonchev–Trinajstić information content (AvgIpc) is 3.38. The Bertz CT molecular complexity index is 1440. The van der Waals surface area contributed by atoms with Crippen LogP contribution < -0.4 is 10.6 Å². The first-order valence-electron chi connectivity index (χ1n) is 11.4. The molecule has 0 saturated heterocycles. The Labute approximate surface area is 198 Å². The molecule has 3 aromatic heterocycles. The molecule has 1 atom stereocenters. The molecule has 5 rings (SSSR count). The van der Waals surface area contributed by atoms with Gasteiger partial charge in [0.1, 0.15) is 5.82 Å². The molecule has 0 spiro atoms. The number of nitrogens with one attached hydrogen (secondary N) is 2. The Kier molecular flexibility index (Phi) is 5.51. The van der Waals surface area contributed by atoms with Crippen molar-refractivity contribution in [1.29, 1.82) is 0 Å². The third kappa shape index (κ3) is 4.23. The molecular formula is C23H28N8O2S. The number of hydrogen-bond acceptors (Lipinski definition) is 8. The number of fused-ring (bicyclic) bond motifs is 1. The molecule has 10 nitrogen and oxygen atoms in total. The van der Waals surface area contributed by atoms with Gasteiger partial charge in [0, 0.05) is 12.2 Å². The third-order valence-electron chi connectivity index (χ3n) is 5.99. The lowest BCUT2D eigenvalue weighted by atomic mass is 10.2. The van der Waals surface area contributed by atoms with E-state index in [2.05, 4.69) is 37.7 Å².